The van der Waals surface area contributed by atoms with Crippen LogP contribution in [0.15, 0.2) is 34.2 Å². The quantitative estimate of drug-likeness (QED) is 0.544. The maximum absolute atomic E-state index is 12.3. The fraction of sp³-hybridized carbons (Fsp3) is 0.250. The lowest BCUT2D eigenvalue weighted by atomic mass is 10.1. The van der Waals surface area contributed by atoms with Crippen LogP contribution in [0.3, 0.4) is 0 Å². The van der Waals surface area contributed by atoms with Gasteiger partial charge >= 0.3 is 5.97 Å². The number of esters is 1. The van der Waals surface area contributed by atoms with E-state index >= 15 is 0 Å². The smallest absolute Gasteiger partial charge is 0.338 e. The summed E-state index contributed by atoms with van der Waals surface area (Å²) in [7, 11) is 0. The van der Waals surface area contributed by atoms with E-state index in [2.05, 4.69) is 20.2 Å². The van der Waals surface area contributed by atoms with Gasteiger partial charge in [0.1, 0.15) is 5.82 Å². The fourth-order valence-electron chi connectivity index (χ4n) is 2.25. The number of hydrogen-bond donors (Lipinski definition) is 2. The summed E-state index contributed by atoms with van der Waals surface area (Å²) in [6.07, 6.45) is 0. The number of aromatic nitrogens is 4. The number of pyridine rings is 1. The molecular formula is C16H16N4O3S. The van der Waals surface area contributed by atoms with E-state index in [4.69, 9.17) is 4.74 Å². The van der Waals surface area contributed by atoms with E-state index in [0.29, 0.717) is 34.0 Å². The van der Waals surface area contributed by atoms with Crippen LogP contribution in [0.5, 0.6) is 0 Å². The molecule has 8 heteroatoms. The van der Waals surface area contributed by atoms with Gasteiger partial charge in [-0.05, 0) is 32.0 Å². The number of rotatable bonds is 5. The highest BCUT2D eigenvalue weighted by Crippen LogP contribution is 2.19. The SMILES string of the molecule is CCOC(=O)c1ccc2[nH]c(CSc3n[nH]c(C)n3)cc(=O)c2c1. The van der Waals surface area contributed by atoms with Gasteiger partial charge in [-0.2, -0.15) is 0 Å². The molecule has 24 heavy (non-hydrogen) atoms. The number of aromatic amines is 2. The number of H-pyrrole nitrogens is 2. The van der Waals surface area contributed by atoms with Crippen LogP contribution >= 0.6 is 11.8 Å². The molecule has 0 unspecified atom stereocenters. The normalized spacial score (nSPS) is 10.9. The molecule has 0 aliphatic rings. The second-order valence-electron chi connectivity index (χ2n) is 5.13. The van der Waals surface area contributed by atoms with E-state index in [9.17, 15) is 9.59 Å². The minimum Gasteiger partial charge on any atom is -0.462 e. The lowest BCUT2D eigenvalue weighted by molar-refractivity contribution is 0.0526. The van der Waals surface area contributed by atoms with Crippen LogP contribution in [0.25, 0.3) is 10.9 Å². The molecule has 0 saturated carbocycles. The Hall–Kier alpha value is -2.61. The Kier molecular flexibility index (Phi) is 4.66. The third-order valence-corrected chi connectivity index (χ3v) is 4.23. The van der Waals surface area contributed by atoms with Crippen molar-refractivity contribution in [3.05, 3.63) is 51.6 Å². The Morgan fingerprint density at radius 1 is 1.33 bits per heavy atom. The molecule has 2 heterocycles. The molecule has 3 rings (SSSR count). The maximum Gasteiger partial charge on any atom is 0.338 e. The maximum atomic E-state index is 12.3. The first-order valence-corrected chi connectivity index (χ1v) is 8.40. The van der Waals surface area contributed by atoms with Crippen LogP contribution in [0.4, 0.5) is 0 Å². The van der Waals surface area contributed by atoms with Crippen molar-refractivity contribution in [3.8, 4) is 0 Å². The molecule has 0 atom stereocenters. The third-order valence-electron chi connectivity index (χ3n) is 3.33. The van der Waals surface area contributed by atoms with Gasteiger partial charge in [0.2, 0.25) is 5.16 Å². The highest BCUT2D eigenvalue weighted by molar-refractivity contribution is 7.98. The van der Waals surface area contributed by atoms with E-state index in [0.717, 1.165) is 11.5 Å². The van der Waals surface area contributed by atoms with Gasteiger partial charge in [0.25, 0.3) is 0 Å². The summed E-state index contributed by atoms with van der Waals surface area (Å²) < 4.78 is 4.96. The monoisotopic (exact) mass is 344 g/mol. The predicted molar refractivity (Wildman–Crippen MR) is 91.2 cm³/mol. The molecule has 0 bridgehead atoms. The van der Waals surface area contributed by atoms with Crippen molar-refractivity contribution in [1.29, 1.82) is 0 Å². The Labute approximate surface area is 141 Å². The van der Waals surface area contributed by atoms with E-state index in [1.54, 1.807) is 25.1 Å². The van der Waals surface area contributed by atoms with Gasteiger partial charge in [-0.25, -0.2) is 9.78 Å². The second-order valence-corrected chi connectivity index (χ2v) is 6.07. The number of carbonyl (C=O) groups is 1. The standard InChI is InChI=1S/C16H16N4O3S/c1-3-23-15(22)10-4-5-13-12(6-10)14(21)7-11(18-13)8-24-16-17-9(2)19-20-16/h4-7H,3,8H2,1-2H3,(H,18,21)(H,17,19,20). The second kappa shape index (κ2) is 6.88. The van der Waals surface area contributed by atoms with Crippen molar-refractivity contribution in [1.82, 2.24) is 20.2 Å². The molecule has 124 valence electrons. The van der Waals surface area contributed by atoms with E-state index in [-0.39, 0.29) is 5.43 Å². The molecule has 0 radical (unpaired) electrons. The van der Waals surface area contributed by atoms with E-state index < -0.39 is 5.97 Å². The number of nitrogens with zero attached hydrogens (tertiary/aromatic N) is 2. The molecule has 0 amide bonds. The molecule has 3 aromatic rings. The average molecular weight is 344 g/mol. The van der Waals surface area contributed by atoms with Crippen LogP contribution in [0, 0.1) is 6.92 Å². The summed E-state index contributed by atoms with van der Waals surface area (Å²) in [6.45, 7) is 3.87. The summed E-state index contributed by atoms with van der Waals surface area (Å²) in [6, 6.07) is 6.45. The molecule has 2 N–H and O–H groups in total. The summed E-state index contributed by atoms with van der Waals surface area (Å²) in [5, 5.41) is 7.91. The number of thioether (sulfide) groups is 1. The van der Waals surface area contributed by atoms with Gasteiger partial charge < -0.3 is 9.72 Å². The molecule has 0 spiro atoms. The first-order chi connectivity index (χ1) is 11.6. The zero-order valence-electron chi connectivity index (χ0n) is 13.3. The van der Waals surface area contributed by atoms with Crippen molar-refractivity contribution in [2.75, 3.05) is 6.61 Å². The van der Waals surface area contributed by atoms with E-state index in [1.165, 1.54) is 17.8 Å². The predicted octanol–water partition coefficient (Wildman–Crippen LogP) is 2.42. The fourth-order valence-corrected chi connectivity index (χ4v) is 3.00. The Morgan fingerprint density at radius 2 is 2.17 bits per heavy atom. The number of carbonyl (C=O) groups excluding carboxylic acids is 1. The molecule has 0 fully saturated rings. The molecule has 0 saturated heterocycles. The zero-order chi connectivity index (χ0) is 17.1. The number of nitrogens with one attached hydrogen (secondary N) is 2. The topological polar surface area (TPSA) is 101 Å². The largest absolute Gasteiger partial charge is 0.462 e. The Bertz CT molecular complexity index is 948. The van der Waals surface area contributed by atoms with Crippen molar-refractivity contribution in [3.63, 3.8) is 0 Å². The summed E-state index contributed by atoms with van der Waals surface area (Å²) in [4.78, 5) is 31.5. The van der Waals surface area contributed by atoms with Crippen molar-refractivity contribution in [2.45, 2.75) is 24.8 Å². The van der Waals surface area contributed by atoms with Gasteiger partial charge in [-0.1, -0.05) is 11.8 Å². The zero-order valence-corrected chi connectivity index (χ0v) is 14.1. The summed E-state index contributed by atoms with van der Waals surface area (Å²) >= 11 is 1.43. The van der Waals surface area contributed by atoms with Gasteiger partial charge in [-0.3, -0.25) is 9.89 Å². The minimum atomic E-state index is -0.432. The third kappa shape index (κ3) is 3.48. The number of aryl methyl sites for hydroxylation is 1. The van der Waals surface area contributed by atoms with Gasteiger partial charge in [0, 0.05) is 28.4 Å². The summed E-state index contributed by atoms with van der Waals surface area (Å²) in [5.41, 5.74) is 1.67. The molecule has 1 aromatic carbocycles. The summed E-state index contributed by atoms with van der Waals surface area (Å²) in [5.74, 6) is 0.858. The van der Waals surface area contributed by atoms with Crippen LogP contribution < -0.4 is 5.43 Å². The molecule has 7 nitrogen and oxygen atoms in total. The first-order valence-electron chi connectivity index (χ1n) is 7.41. The van der Waals surface area contributed by atoms with E-state index in [1.807, 2.05) is 6.92 Å². The first kappa shape index (κ1) is 16.3. The highest BCUT2D eigenvalue weighted by Gasteiger charge is 2.10. The highest BCUT2D eigenvalue weighted by atomic mass is 32.2. The number of hydrogen-bond acceptors (Lipinski definition) is 6. The van der Waals surface area contributed by atoms with Crippen molar-refractivity contribution >= 4 is 28.6 Å². The van der Waals surface area contributed by atoms with Gasteiger partial charge in [0.15, 0.2) is 5.43 Å². The van der Waals surface area contributed by atoms with Crippen molar-refractivity contribution < 1.29 is 9.53 Å². The lowest BCUT2D eigenvalue weighted by Crippen LogP contribution is -2.08. The number of benzene rings is 1. The van der Waals surface area contributed by atoms with Crippen LogP contribution in [0.2, 0.25) is 0 Å². The van der Waals surface area contributed by atoms with Gasteiger partial charge in [0.05, 0.1) is 12.2 Å². The molecular weight excluding hydrogens is 328 g/mol. The number of fused-ring (bicyclic) bond motifs is 1. The Balaban J connectivity index is 1.86. The van der Waals surface area contributed by atoms with Crippen LogP contribution in [-0.4, -0.2) is 32.7 Å². The Morgan fingerprint density at radius 3 is 2.88 bits per heavy atom. The molecule has 0 aliphatic heterocycles. The molecule has 2 aromatic heterocycles. The van der Waals surface area contributed by atoms with Crippen molar-refractivity contribution in [2.24, 2.45) is 0 Å². The van der Waals surface area contributed by atoms with Crippen LogP contribution in [-0.2, 0) is 10.5 Å². The van der Waals surface area contributed by atoms with Gasteiger partial charge in [-0.15, -0.1) is 5.10 Å². The van der Waals surface area contributed by atoms with Crippen LogP contribution in [0.1, 0.15) is 28.8 Å². The molecule has 0 aliphatic carbocycles. The average Bonchev–Trinajstić information content (AvgIpc) is 2.98. The number of ether oxygens (including phenoxy) is 1. The lowest BCUT2D eigenvalue weighted by Gasteiger charge is -2.06. The minimum absolute atomic E-state index is 0.142.